The predicted octanol–water partition coefficient (Wildman–Crippen LogP) is 10.4. The molecule has 0 saturated carbocycles. The van der Waals surface area contributed by atoms with Crippen molar-refractivity contribution < 1.29 is 4.42 Å². The van der Waals surface area contributed by atoms with E-state index < -0.39 is 0 Å². The normalized spacial score (nSPS) is 15.6. The van der Waals surface area contributed by atoms with Gasteiger partial charge in [0.05, 0.1) is 0 Å². The summed E-state index contributed by atoms with van der Waals surface area (Å²) >= 11 is 0. The number of fused-ring (bicyclic) bond motifs is 7. The molecule has 8 rings (SSSR count). The lowest BCUT2D eigenvalue weighted by Crippen LogP contribution is -2.14. The third-order valence-corrected chi connectivity index (χ3v) is 9.31. The van der Waals surface area contributed by atoms with Gasteiger partial charge in [-0.15, -0.1) is 0 Å². The quantitative estimate of drug-likeness (QED) is 0.229. The minimum atomic E-state index is -0.0479. The molecule has 1 aromatic heterocycles. The highest BCUT2D eigenvalue weighted by Gasteiger charge is 2.37. The average molecular weight is 503 g/mol. The van der Waals surface area contributed by atoms with Crippen LogP contribution in [0.1, 0.15) is 49.9 Å². The van der Waals surface area contributed by atoms with E-state index in [9.17, 15) is 0 Å². The molecule has 0 atom stereocenters. The van der Waals surface area contributed by atoms with E-state index in [4.69, 9.17) is 4.42 Å². The number of hydrogen-bond acceptors (Lipinski definition) is 1. The molecule has 1 nitrogen and oxygen atoms in total. The van der Waals surface area contributed by atoms with Crippen molar-refractivity contribution in [3.05, 3.63) is 131 Å². The Balaban J connectivity index is 1.30. The second-order valence-corrected chi connectivity index (χ2v) is 12.2. The summed E-state index contributed by atoms with van der Waals surface area (Å²) in [5.74, 6) is 1.89. The Morgan fingerprint density at radius 3 is 1.26 bits per heavy atom. The fourth-order valence-corrected chi connectivity index (χ4v) is 7.21. The van der Waals surface area contributed by atoms with Crippen LogP contribution in [0.15, 0.2) is 114 Å². The van der Waals surface area contributed by atoms with Gasteiger partial charge in [-0.25, -0.2) is 0 Å². The fourth-order valence-electron chi connectivity index (χ4n) is 7.21. The first-order valence-electron chi connectivity index (χ1n) is 13.9. The van der Waals surface area contributed by atoms with Gasteiger partial charge in [-0.2, -0.15) is 0 Å². The number of hydrogen-bond donors (Lipinski definition) is 0. The Bertz CT molecular complexity index is 1820. The van der Waals surface area contributed by atoms with Crippen LogP contribution in [0.2, 0.25) is 0 Å². The molecule has 0 radical (unpaired) electrons. The molecule has 0 aliphatic heterocycles. The van der Waals surface area contributed by atoms with Gasteiger partial charge in [-0.3, -0.25) is 0 Å². The average Bonchev–Trinajstić information content (AvgIpc) is 3.54. The van der Waals surface area contributed by atoms with Gasteiger partial charge in [0.15, 0.2) is 0 Å². The van der Waals surface area contributed by atoms with Crippen molar-refractivity contribution in [3.8, 4) is 44.9 Å². The van der Waals surface area contributed by atoms with Crippen LogP contribution in [-0.2, 0) is 10.8 Å². The van der Waals surface area contributed by atoms with E-state index in [1.54, 1.807) is 0 Å². The molecule has 0 bridgehead atoms. The van der Waals surface area contributed by atoms with E-state index in [1.165, 1.54) is 44.5 Å². The molecular formula is C38H30O. The van der Waals surface area contributed by atoms with Crippen LogP contribution in [0.25, 0.3) is 55.7 Å². The molecule has 0 spiro atoms. The fraction of sp³-hybridized carbons (Fsp3) is 0.158. The third-order valence-electron chi connectivity index (χ3n) is 9.31. The standard InChI is InChI=1S/C38H30O/c1-37(2)31-15-9-7-11-25(31)27-19-17-23(21-33(27)37)35-29-13-5-6-14-30(29)36(39-35)24-18-20-28-26-12-8-10-16-32(26)38(3,4)34(28)22-24/h5-22H,1-4H3. The highest BCUT2D eigenvalue weighted by Crippen LogP contribution is 2.52. The van der Waals surface area contributed by atoms with Gasteiger partial charge in [0, 0.05) is 32.7 Å². The van der Waals surface area contributed by atoms with Crippen molar-refractivity contribution in [1.29, 1.82) is 0 Å². The van der Waals surface area contributed by atoms with Crippen LogP contribution in [0.3, 0.4) is 0 Å². The van der Waals surface area contributed by atoms with Crippen LogP contribution in [0.4, 0.5) is 0 Å². The zero-order valence-corrected chi connectivity index (χ0v) is 22.8. The predicted molar refractivity (Wildman–Crippen MR) is 162 cm³/mol. The molecule has 5 aromatic carbocycles. The van der Waals surface area contributed by atoms with Gasteiger partial charge in [0.1, 0.15) is 11.5 Å². The summed E-state index contributed by atoms with van der Waals surface area (Å²) < 4.78 is 6.85. The summed E-state index contributed by atoms with van der Waals surface area (Å²) in [6, 6.07) is 39.9. The van der Waals surface area contributed by atoms with Crippen LogP contribution in [-0.4, -0.2) is 0 Å². The molecular weight excluding hydrogens is 472 g/mol. The van der Waals surface area contributed by atoms with E-state index >= 15 is 0 Å². The van der Waals surface area contributed by atoms with Crippen molar-refractivity contribution in [3.63, 3.8) is 0 Å². The van der Waals surface area contributed by atoms with Gasteiger partial charge < -0.3 is 4.42 Å². The summed E-state index contributed by atoms with van der Waals surface area (Å²) in [5, 5.41) is 2.31. The maximum atomic E-state index is 6.85. The van der Waals surface area contributed by atoms with Crippen molar-refractivity contribution >= 4 is 10.8 Å². The van der Waals surface area contributed by atoms with E-state index in [0.29, 0.717) is 0 Å². The second-order valence-electron chi connectivity index (χ2n) is 12.2. The van der Waals surface area contributed by atoms with Crippen LogP contribution in [0.5, 0.6) is 0 Å². The lowest BCUT2D eigenvalue weighted by Gasteiger charge is -2.21. The van der Waals surface area contributed by atoms with E-state index in [1.807, 2.05) is 0 Å². The highest BCUT2D eigenvalue weighted by molar-refractivity contribution is 6.03. The minimum Gasteiger partial charge on any atom is -0.455 e. The Kier molecular flexibility index (Phi) is 4.41. The van der Waals surface area contributed by atoms with E-state index in [2.05, 4.69) is 137 Å². The Morgan fingerprint density at radius 1 is 0.410 bits per heavy atom. The number of rotatable bonds is 2. The number of benzene rings is 5. The molecule has 0 saturated heterocycles. The zero-order valence-electron chi connectivity index (χ0n) is 22.8. The molecule has 2 aliphatic carbocycles. The van der Waals surface area contributed by atoms with Crippen molar-refractivity contribution in [1.82, 2.24) is 0 Å². The van der Waals surface area contributed by atoms with Crippen molar-refractivity contribution in [2.75, 3.05) is 0 Å². The van der Waals surface area contributed by atoms with Gasteiger partial charge in [-0.1, -0.05) is 125 Å². The minimum absolute atomic E-state index is 0.0479. The molecule has 0 fully saturated rings. The smallest absolute Gasteiger partial charge is 0.142 e. The molecule has 188 valence electrons. The van der Waals surface area contributed by atoms with Gasteiger partial charge >= 0.3 is 0 Å². The van der Waals surface area contributed by atoms with Gasteiger partial charge in [0.25, 0.3) is 0 Å². The molecule has 0 N–H and O–H groups in total. The first-order chi connectivity index (χ1) is 18.9. The first kappa shape index (κ1) is 22.6. The third kappa shape index (κ3) is 2.96. The molecule has 0 amide bonds. The number of furan rings is 1. The molecule has 1 heteroatoms. The molecule has 1 heterocycles. The molecule has 2 aliphatic rings. The lowest BCUT2D eigenvalue weighted by atomic mass is 9.82. The molecule has 0 unspecified atom stereocenters. The monoisotopic (exact) mass is 502 g/mol. The first-order valence-corrected chi connectivity index (χ1v) is 13.9. The lowest BCUT2D eigenvalue weighted by molar-refractivity contribution is 0.600. The Labute approximate surface area is 229 Å². The maximum absolute atomic E-state index is 6.85. The van der Waals surface area contributed by atoms with E-state index in [0.717, 1.165) is 33.4 Å². The van der Waals surface area contributed by atoms with Gasteiger partial charge in [0.2, 0.25) is 0 Å². The van der Waals surface area contributed by atoms with Crippen LogP contribution >= 0.6 is 0 Å². The van der Waals surface area contributed by atoms with Crippen LogP contribution < -0.4 is 0 Å². The zero-order chi connectivity index (χ0) is 26.5. The van der Waals surface area contributed by atoms with E-state index in [-0.39, 0.29) is 10.8 Å². The summed E-state index contributed by atoms with van der Waals surface area (Å²) in [7, 11) is 0. The molecule has 6 aromatic rings. The largest absolute Gasteiger partial charge is 0.455 e. The SMILES string of the molecule is CC1(C)c2ccccc2-c2ccc(-c3oc(-c4ccc5c(c4)C(C)(C)c4ccccc4-5)c4ccccc34)cc21. The van der Waals surface area contributed by atoms with Crippen LogP contribution in [0, 0.1) is 0 Å². The van der Waals surface area contributed by atoms with Crippen molar-refractivity contribution in [2.24, 2.45) is 0 Å². The summed E-state index contributed by atoms with van der Waals surface area (Å²) in [5.41, 5.74) is 13.0. The summed E-state index contributed by atoms with van der Waals surface area (Å²) in [6.07, 6.45) is 0. The van der Waals surface area contributed by atoms with Crippen molar-refractivity contribution in [2.45, 2.75) is 38.5 Å². The van der Waals surface area contributed by atoms with Gasteiger partial charge in [-0.05, 0) is 56.6 Å². The molecule has 39 heavy (non-hydrogen) atoms. The Morgan fingerprint density at radius 2 is 0.795 bits per heavy atom. The second kappa shape index (κ2) is 7.61. The highest BCUT2D eigenvalue weighted by atomic mass is 16.3. The summed E-state index contributed by atoms with van der Waals surface area (Å²) in [6.45, 7) is 9.32. The Hall–Kier alpha value is -4.36. The topological polar surface area (TPSA) is 13.1 Å². The summed E-state index contributed by atoms with van der Waals surface area (Å²) in [4.78, 5) is 0. The maximum Gasteiger partial charge on any atom is 0.142 e.